The van der Waals surface area contributed by atoms with Crippen molar-refractivity contribution in [3.05, 3.63) is 0 Å². The Morgan fingerprint density at radius 3 is 0.643 bits per heavy atom. The zero-order chi connectivity index (χ0) is 11.1. The van der Waals surface area contributed by atoms with Crippen LogP contribution in [0.2, 0.25) is 0 Å². The molecule has 0 aromatic carbocycles. The average molecular weight is 399 g/mol. The van der Waals surface area contributed by atoms with Crippen LogP contribution in [0.1, 0.15) is 62.3 Å². The summed E-state index contributed by atoms with van der Waals surface area (Å²) in [6.45, 7) is 21.5. The van der Waals surface area contributed by atoms with E-state index in [2.05, 4.69) is 62.3 Å². The molecule has 0 aromatic heterocycles. The van der Waals surface area contributed by atoms with Crippen LogP contribution in [0.4, 0.5) is 0 Å². The van der Waals surface area contributed by atoms with Crippen molar-refractivity contribution in [2.75, 3.05) is 0 Å². The Hall–Kier alpha value is 1.17. The van der Waals surface area contributed by atoms with Gasteiger partial charge >= 0.3 is 22.4 Å². The molecule has 0 saturated heterocycles. The molecule has 14 heavy (non-hydrogen) atoms. The van der Waals surface area contributed by atoms with Crippen molar-refractivity contribution in [1.82, 2.24) is 0 Å². The van der Waals surface area contributed by atoms with E-state index in [1.165, 1.54) is 0 Å². The van der Waals surface area contributed by atoms with Gasteiger partial charge < -0.3 is 0 Å². The van der Waals surface area contributed by atoms with Crippen LogP contribution in [-0.2, 0) is 22.4 Å². The van der Waals surface area contributed by atoms with Gasteiger partial charge in [-0.25, -0.2) is 0 Å². The zero-order valence-corrected chi connectivity index (χ0v) is 14.3. The van der Waals surface area contributed by atoms with Crippen LogP contribution in [0, 0.1) is 0 Å². The van der Waals surface area contributed by atoms with Crippen molar-refractivity contribution in [1.29, 1.82) is 0 Å². The molecule has 0 N–H and O–H groups in total. The second kappa shape index (κ2) is 5.00. The van der Waals surface area contributed by atoms with Crippen molar-refractivity contribution < 1.29 is 22.4 Å². The van der Waals surface area contributed by atoms with Gasteiger partial charge in [0.2, 0.25) is 0 Å². The number of hydrogen-bond donors (Lipinski definition) is 0. The van der Waals surface area contributed by atoms with E-state index in [0.29, 0.717) is 15.5 Å². The maximum atomic E-state index is 2.38. The molecule has 0 bridgehead atoms. The maximum absolute atomic E-state index is 2.38. The summed E-state index contributed by atoms with van der Waals surface area (Å²) in [5.74, 6) is 0. The fraction of sp³-hybridized carbons (Fsp3) is 1.00. The Kier molecular flexibility index (Phi) is 6.27. The van der Waals surface area contributed by atoms with Crippen LogP contribution in [0.5, 0.6) is 0 Å². The molecule has 0 heterocycles. The molecule has 0 nitrogen and oxygen atoms in total. The molecule has 0 aliphatic heterocycles. The third-order valence-corrected chi connectivity index (χ3v) is 6.04. The number of rotatable bonds is 0. The minimum atomic E-state index is 0. The number of hydrogen-bond acceptors (Lipinski definition) is 0. The van der Waals surface area contributed by atoms with Gasteiger partial charge in [-0.2, -0.15) is 0 Å². The summed E-state index contributed by atoms with van der Waals surface area (Å²) < 4.78 is 0. The summed E-state index contributed by atoms with van der Waals surface area (Å²) >= 11 is 0. The molecule has 0 spiro atoms. The van der Waals surface area contributed by atoms with E-state index in [4.69, 9.17) is 0 Å². The van der Waals surface area contributed by atoms with Crippen molar-refractivity contribution in [3.8, 4) is 0 Å². The summed E-state index contributed by atoms with van der Waals surface area (Å²) in [5.41, 5.74) is 0. The topological polar surface area (TPSA) is 0 Å². The molecule has 0 aliphatic carbocycles. The molecule has 0 aromatic rings. The van der Waals surface area contributed by atoms with Gasteiger partial charge in [-0.3, -0.25) is 0 Å². The molecule has 0 fully saturated rings. The Bertz CT molecular complexity index is 133. The predicted molar refractivity (Wildman–Crippen MR) is 66.2 cm³/mol. The van der Waals surface area contributed by atoms with Crippen LogP contribution in [0.15, 0.2) is 0 Å². The zero-order valence-electron chi connectivity index (χ0n) is 11.2. The van der Waals surface area contributed by atoms with Crippen LogP contribution in [-0.4, -0.2) is 15.5 Å². The normalized spacial score (nSPS) is 14.1. The fourth-order valence-corrected chi connectivity index (χ4v) is 9.06. The molecule has 0 saturated carbocycles. The fourth-order valence-electron chi connectivity index (χ4n) is 3.02. The first-order valence-electron chi connectivity index (χ1n) is 5.17. The Morgan fingerprint density at radius 2 is 0.643 bits per heavy atom. The van der Waals surface area contributed by atoms with Gasteiger partial charge in [-0.05, 0) is 15.5 Å². The molecule has 2 heteroatoms. The van der Waals surface area contributed by atoms with E-state index >= 15 is 0 Å². The smallest absolute Gasteiger partial charge is 0.0901 e. The Balaban J connectivity index is 0. The predicted octanol–water partition coefficient (Wildman–Crippen LogP) is 4.86. The largest absolute Gasteiger partial charge is 1.00 e. The van der Waals surface area contributed by atoms with Gasteiger partial charge in [0, 0.05) is 0 Å². The molecular formula is C12H27AuP+. The first-order valence-corrected chi connectivity index (χ1v) is 6.51. The van der Waals surface area contributed by atoms with E-state index in [1.54, 1.807) is 0 Å². The molecule has 0 amide bonds. The van der Waals surface area contributed by atoms with Gasteiger partial charge in [-0.1, -0.05) is 70.2 Å². The summed E-state index contributed by atoms with van der Waals surface area (Å²) in [7, 11) is 0.0162. The third-order valence-electron chi connectivity index (χ3n) is 2.01. The van der Waals surface area contributed by atoms with Crippen molar-refractivity contribution in [2.24, 2.45) is 0 Å². The van der Waals surface area contributed by atoms with Gasteiger partial charge in [0.1, 0.15) is 0 Å². The second-order valence-corrected chi connectivity index (χ2v) is 11.5. The maximum Gasteiger partial charge on any atom is 1.00 e. The first kappa shape index (κ1) is 17.6. The summed E-state index contributed by atoms with van der Waals surface area (Å²) in [6, 6.07) is 0. The molecule has 0 atom stereocenters. The monoisotopic (exact) mass is 399 g/mol. The van der Waals surface area contributed by atoms with Crippen LogP contribution in [0.3, 0.4) is 0 Å². The van der Waals surface area contributed by atoms with E-state index in [0.717, 1.165) is 0 Å². The summed E-state index contributed by atoms with van der Waals surface area (Å²) in [5, 5.41) is 1.35. The van der Waals surface area contributed by atoms with E-state index in [1.807, 2.05) is 0 Å². The Morgan fingerprint density at radius 1 is 0.500 bits per heavy atom. The molecular weight excluding hydrogens is 372 g/mol. The molecule has 0 radical (unpaired) electrons. The van der Waals surface area contributed by atoms with Crippen LogP contribution < -0.4 is 0 Å². The molecule has 0 unspecified atom stereocenters. The van der Waals surface area contributed by atoms with E-state index in [9.17, 15) is 0 Å². The Labute approximate surface area is 108 Å². The summed E-state index contributed by atoms with van der Waals surface area (Å²) in [6.07, 6.45) is 0. The summed E-state index contributed by atoms with van der Waals surface area (Å²) in [4.78, 5) is 0. The second-order valence-electron chi connectivity index (χ2n) is 6.85. The van der Waals surface area contributed by atoms with Crippen LogP contribution >= 0.6 is 7.92 Å². The van der Waals surface area contributed by atoms with Crippen molar-refractivity contribution in [3.63, 3.8) is 0 Å². The van der Waals surface area contributed by atoms with Crippen molar-refractivity contribution >= 4 is 7.92 Å². The standard InChI is InChI=1S/C12H27P.Au/c1-10(2,3)13(11(4,5)6)12(7,8)9;/h1-9H3;/q;+1. The minimum Gasteiger partial charge on any atom is -0.0901 e. The van der Waals surface area contributed by atoms with Crippen molar-refractivity contribution in [2.45, 2.75) is 77.8 Å². The average Bonchev–Trinajstić information content (AvgIpc) is 1.44. The van der Waals surface area contributed by atoms with Gasteiger partial charge in [-0.15, -0.1) is 0 Å². The molecule has 0 aliphatic rings. The quantitative estimate of drug-likeness (QED) is 0.403. The van der Waals surface area contributed by atoms with Gasteiger partial charge in [0.15, 0.2) is 0 Å². The van der Waals surface area contributed by atoms with Crippen LogP contribution in [0.25, 0.3) is 0 Å². The molecule has 90 valence electrons. The van der Waals surface area contributed by atoms with E-state index < -0.39 is 0 Å². The van der Waals surface area contributed by atoms with Gasteiger partial charge in [0.05, 0.1) is 0 Å². The minimum absolute atomic E-state index is 0. The molecule has 0 rings (SSSR count). The first-order chi connectivity index (χ1) is 5.37. The third kappa shape index (κ3) is 5.31. The SMILES string of the molecule is CC(C)(C)P(C(C)(C)C)C(C)(C)C.[Au+]. The van der Waals surface area contributed by atoms with Gasteiger partial charge in [0.25, 0.3) is 0 Å². The van der Waals surface area contributed by atoms with E-state index in [-0.39, 0.29) is 30.3 Å².